The fourth-order valence-corrected chi connectivity index (χ4v) is 4.32. The zero-order chi connectivity index (χ0) is 28.0. The Balaban J connectivity index is 1.94. The standard InChI is InChI=1S/C27H35F3N2O5S/c1-3-17-38-18-5-14-32(26(35)31-22-10-8-21(9-11-22)27(28,29)30)15-16-37-23-12-6-20(7-13-23)19-24(25(33)34)36-4-2/h6-13,24H,3-5,14-19H2,1-2H3,(H,31,35)(H,33,34). The molecule has 0 heterocycles. The van der Waals surface area contributed by atoms with Crippen LogP contribution in [0.25, 0.3) is 0 Å². The number of carboxylic acids is 1. The first-order valence-electron chi connectivity index (χ1n) is 12.5. The van der Waals surface area contributed by atoms with Crippen LogP contribution in [0.1, 0.15) is 37.8 Å². The van der Waals surface area contributed by atoms with E-state index in [2.05, 4.69) is 12.2 Å². The van der Waals surface area contributed by atoms with Gasteiger partial charge in [0.2, 0.25) is 0 Å². The highest BCUT2D eigenvalue weighted by Gasteiger charge is 2.30. The quantitative estimate of drug-likeness (QED) is 0.240. The van der Waals surface area contributed by atoms with Crippen molar-refractivity contribution in [2.24, 2.45) is 0 Å². The second-order valence-electron chi connectivity index (χ2n) is 8.44. The first-order valence-corrected chi connectivity index (χ1v) is 13.7. The van der Waals surface area contributed by atoms with Crippen LogP contribution in [0.3, 0.4) is 0 Å². The minimum absolute atomic E-state index is 0.207. The first-order chi connectivity index (χ1) is 18.1. The van der Waals surface area contributed by atoms with E-state index >= 15 is 0 Å². The maximum absolute atomic E-state index is 12.9. The molecule has 2 amide bonds. The molecular weight excluding hydrogens is 521 g/mol. The fraction of sp³-hybridized carbons (Fsp3) is 0.481. The third kappa shape index (κ3) is 11.2. The molecular formula is C27H35F3N2O5S. The lowest BCUT2D eigenvalue weighted by Crippen LogP contribution is -2.38. The lowest BCUT2D eigenvalue weighted by Gasteiger charge is -2.23. The third-order valence-corrected chi connectivity index (χ3v) is 6.71. The number of hydrogen-bond acceptors (Lipinski definition) is 5. The van der Waals surface area contributed by atoms with Gasteiger partial charge in [-0.2, -0.15) is 24.9 Å². The molecule has 0 saturated heterocycles. The van der Waals surface area contributed by atoms with Crippen molar-refractivity contribution in [3.63, 3.8) is 0 Å². The molecule has 0 aliphatic rings. The Morgan fingerprint density at radius 2 is 1.71 bits per heavy atom. The Morgan fingerprint density at radius 3 is 2.29 bits per heavy atom. The Labute approximate surface area is 225 Å². The van der Waals surface area contributed by atoms with Crippen LogP contribution in [0.15, 0.2) is 48.5 Å². The van der Waals surface area contributed by atoms with Crippen molar-refractivity contribution in [3.05, 3.63) is 59.7 Å². The number of hydrogen-bond donors (Lipinski definition) is 2. The number of urea groups is 1. The lowest BCUT2D eigenvalue weighted by molar-refractivity contribution is -0.150. The van der Waals surface area contributed by atoms with Crippen molar-refractivity contribution < 1.29 is 37.3 Å². The molecule has 11 heteroatoms. The van der Waals surface area contributed by atoms with Crippen molar-refractivity contribution in [1.29, 1.82) is 0 Å². The lowest BCUT2D eigenvalue weighted by atomic mass is 10.1. The number of ether oxygens (including phenoxy) is 2. The van der Waals surface area contributed by atoms with Crippen LogP contribution in [0.2, 0.25) is 0 Å². The number of aliphatic carboxylic acids is 1. The van der Waals surface area contributed by atoms with Gasteiger partial charge in [-0.15, -0.1) is 0 Å². The predicted molar refractivity (Wildman–Crippen MR) is 143 cm³/mol. The predicted octanol–water partition coefficient (Wildman–Crippen LogP) is 6.18. The van der Waals surface area contributed by atoms with E-state index < -0.39 is 29.8 Å². The third-order valence-electron chi connectivity index (χ3n) is 5.43. The maximum atomic E-state index is 12.9. The number of carbonyl (C=O) groups is 2. The highest BCUT2D eigenvalue weighted by atomic mass is 32.2. The number of carbonyl (C=O) groups excluding carboxylic acids is 1. The summed E-state index contributed by atoms with van der Waals surface area (Å²) in [6, 6.07) is 10.9. The molecule has 2 aromatic carbocycles. The van der Waals surface area contributed by atoms with Gasteiger partial charge in [0.05, 0.1) is 12.1 Å². The van der Waals surface area contributed by atoms with E-state index in [1.54, 1.807) is 47.9 Å². The molecule has 1 unspecified atom stereocenters. The van der Waals surface area contributed by atoms with Crippen LogP contribution < -0.4 is 10.1 Å². The van der Waals surface area contributed by atoms with E-state index in [4.69, 9.17) is 9.47 Å². The highest BCUT2D eigenvalue weighted by Crippen LogP contribution is 2.29. The number of benzene rings is 2. The van der Waals surface area contributed by atoms with Crippen LogP contribution >= 0.6 is 11.8 Å². The summed E-state index contributed by atoms with van der Waals surface area (Å²) in [4.78, 5) is 25.7. The molecule has 0 radical (unpaired) electrons. The van der Waals surface area contributed by atoms with Crippen LogP contribution in [-0.2, 0) is 22.1 Å². The largest absolute Gasteiger partial charge is 0.492 e. The topological polar surface area (TPSA) is 88.1 Å². The SMILES string of the molecule is CCCSCCCN(CCOc1ccc(CC(OCC)C(=O)O)cc1)C(=O)Nc1ccc(C(F)(F)F)cc1. The molecule has 0 aliphatic heterocycles. The average Bonchev–Trinajstić information content (AvgIpc) is 2.88. The summed E-state index contributed by atoms with van der Waals surface area (Å²) >= 11 is 1.80. The van der Waals surface area contributed by atoms with Crippen LogP contribution in [-0.4, -0.2) is 65.9 Å². The van der Waals surface area contributed by atoms with Crippen LogP contribution in [0.5, 0.6) is 5.75 Å². The second kappa shape index (κ2) is 16.1. The van der Waals surface area contributed by atoms with Gasteiger partial charge in [-0.25, -0.2) is 9.59 Å². The van der Waals surface area contributed by atoms with Gasteiger partial charge in [-0.1, -0.05) is 19.1 Å². The van der Waals surface area contributed by atoms with E-state index in [1.165, 1.54) is 12.1 Å². The molecule has 2 rings (SSSR count). The summed E-state index contributed by atoms with van der Waals surface area (Å²) in [5.41, 5.74) is 0.285. The monoisotopic (exact) mass is 556 g/mol. The zero-order valence-electron chi connectivity index (χ0n) is 21.6. The van der Waals surface area contributed by atoms with Gasteiger partial charge >= 0.3 is 18.2 Å². The number of halogens is 3. The Morgan fingerprint density at radius 1 is 1.03 bits per heavy atom. The van der Waals surface area contributed by atoms with Crippen LogP contribution in [0.4, 0.5) is 23.7 Å². The zero-order valence-corrected chi connectivity index (χ0v) is 22.4. The van der Waals surface area contributed by atoms with E-state index in [0.717, 1.165) is 42.0 Å². The molecule has 0 saturated carbocycles. The molecule has 1 atom stereocenters. The summed E-state index contributed by atoms with van der Waals surface area (Å²) in [7, 11) is 0. The summed E-state index contributed by atoms with van der Waals surface area (Å²) in [5, 5.41) is 11.9. The van der Waals surface area contributed by atoms with Crippen LogP contribution in [0, 0.1) is 0 Å². The number of nitrogens with one attached hydrogen (secondary N) is 1. The van der Waals surface area contributed by atoms with Crippen molar-refractivity contribution in [2.75, 3.05) is 43.1 Å². The van der Waals surface area contributed by atoms with Crippen molar-refractivity contribution in [2.45, 2.75) is 45.4 Å². The van der Waals surface area contributed by atoms with Gasteiger partial charge in [-0.05, 0) is 73.2 Å². The van der Waals surface area contributed by atoms with Gasteiger partial charge < -0.3 is 24.8 Å². The number of anilines is 1. The fourth-order valence-electron chi connectivity index (χ4n) is 3.49. The number of rotatable bonds is 16. The smallest absolute Gasteiger partial charge is 0.416 e. The second-order valence-corrected chi connectivity index (χ2v) is 9.66. The molecule has 7 nitrogen and oxygen atoms in total. The molecule has 38 heavy (non-hydrogen) atoms. The molecule has 0 spiro atoms. The molecule has 210 valence electrons. The molecule has 2 aromatic rings. The number of nitrogens with zero attached hydrogens (tertiary/aromatic N) is 1. The Bertz CT molecular complexity index is 988. The average molecular weight is 557 g/mol. The van der Waals surface area contributed by atoms with Gasteiger partial charge in [0.25, 0.3) is 0 Å². The Kier molecular flexibility index (Phi) is 13.3. The van der Waals surface area contributed by atoms with Gasteiger partial charge in [-0.3, -0.25) is 0 Å². The minimum atomic E-state index is -4.44. The van der Waals surface area contributed by atoms with Crippen molar-refractivity contribution >= 4 is 29.4 Å². The molecule has 2 N–H and O–H groups in total. The van der Waals surface area contributed by atoms with E-state index in [0.29, 0.717) is 18.9 Å². The van der Waals surface area contributed by atoms with Gasteiger partial charge in [0.1, 0.15) is 12.4 Å². The number of amides is 2. The van der Waals surface area contributed by atoms with Gasteiger partial charge in [0.15, 0.2) is 6.10 Å². The normalized spacial score (nSPS) is 12.1. The summed E-state index contributed by atoms with van der Waals surface area (Å²) < 4.78 is 49.5. The van der Waals surface area contributed by atoms with E-state index in [9.17, 15) is 27.9 Å². The summed E-state index contributed by atoms with van der Waals surface area (Å²) in [6.45, 7) is 5.10. The Hall–Kier alpha value is -2.92. The van der Waals surface area contributed by atoms with Crippen molar-refractivity contribution in [1.82, 2.24) is 4.90 Å². The van der Waals surface area contributed by atoms with Gasteiger partial charge in [0, 0.05) is 25.3 Å². The van der Waals surface area contributed by atoms with E-state index in [1.807, 2.05) is 0 Å². The molecule has 0 aliphatic carbocycles. The first kappa shape index (κ1) is 31.3. The van der Waals surface area contributed by atoms with E-state index in [-0.39, 0.29) is 25.3 Å². The number of thioether (sulfide) groups is 1. The number of carboxylic acid groups (broad SMARTS) is 1. The van der Waals surface area contributed by atoms with Crippen molar-refractivity contribution in [3.8, 4) is 5.75 Å². The molecule has 0 fully saturated rings. The summed E-state index contributed by atoms with van der Waals surface area (Å²) in [5.74, 6) is 1.47. The summed E-state index contributed by atoms with van der Waals surface area (Å²) in [6.07, 6.45) is -3.29. The molecule has 0 bridgehead atoms. The highest BCUT2D eigenvalue weighted by molar-refractivity contribution is 7.99. The maximum Gasteiger partial charge on any atom is 0.416 e. The molecule has 0 aromatic heterocycles. The number of alkyl halides is 3. The minimum Gasteiger partial charge on any atom is -0.492 e.